The van der Waals surface area contributed by atoms with E-state index in [2.05, 4.69) is 4.98 Å². The number of nitrogens with zero attached hydrogens (tertiary/aromatic N) is 3. The molecule has 0 bridgehead atoms. The van der Waals surface area contributed by atoms with Gasteiger partial charge in [0.25, 0.3) is 5.91 Å². The Morgan fingerprint density at radius 1 is 1.18 bits per heavy atom. The summed E-state index contributed by atoms with van der Waals surface area (Å²) >= 11 is 0. The van der Waals surface area contributed by atoms with E-state index in [9.17, 15) is 9.59 Å². The van der Waals surface area contributed by atoms with Gasteiger partial charge in [0.05, 0.1) is 0 Å². The van der Waals surface area contributed by atoms with Gasteiger partial charge in [-0.15, -0.1) is 0 Å². The Labute approximate surface area is 203 Å². The minimum atomic E-state index is -0.541. The van der Waals surface area contributed by atoms with Gasteiger partial charge in [0, 0.05) is 43.5 Å². The minimum absolute atomic E-state index is 0.0189. The number of pyridine rings is 1. The number of carbonyl (C=O) groups excluding carboxylic acids is 2. The standard InChI is InChI=1S/C27H37N3O4/c1-20(2)30(26(32)34-27(3,4)5)18-22-12-9-15-29(17-22)25(31)23-13-14-28-24(16-23)33-19-21-10-7-6-8-11-21/h6-8,10-11,13-14,16,20,22H,9,12,15,17-19H2,1-5H3. The summed E-state index contributed by atoms with van der Waals surface area (Å²) in [5.74, 6) is 0.590. The number of hydrogen-bond acceptors (Lipinski definition) is 5. The Morgan fingerprint density at radius 2 is 1.91 bits per heavy atom. The first-order chi connectivity index (χ1) is 16.1. The predicted molar refractivity (Wildman–Crippen MR) is 132 cm³/mol. The average molecular weight is 468 g/mol. The highest BCUT2D eigenvalue weighted by Crippen LogP contribution is 2.23. The second-order valence-electron chi connectivity index (χ2n) is 10.1. The monoisotopic (exact) mass is 467 g/mol. The van der Waals surface area contributed by atoms with E-state index in [-0.39, 0.29) is 24.0 Å². The van der Waals surface area contributed by atoms with Crippen molar-refractivity contribution in [2.45, 2.75) is 65.7 Å². The molecule has 7 heteroatoms. The Balaban J connectivity index is 1.61. The molecule has 0 spiro atoms. The molecule has 1 aromatic carbocycles. The molecule has 0 saturated carbocycles. The van der Waals surface area contributed by atoms with Gasteiger partial charge in [-0.3, -0.25) is 4.79 Å². The summed E-state index contributed by atoms with van der Waals surface area (Å²) in [6.45, 7) is 11.9. The van der Waals surface area contributed by atoms with Crippen LogP contribution in [-0.2, 0) is 11.3 Å². The molecule has 3 rings (SSSR count). The lowest BCUT2D eigenvalue weighted by Gasteiger charge is -2.37. The Hall–Kier alpha value is -3.09. The van der Waals surface area contributed by atoms with Crippen molar-refractivity contribution in [3.8, 4) is 5.88 Å². The molecular weight excluding hydrogens is 430 g/mol. The van der Waals surface area contributed by atoms with E-state index in [1.807, 2.05) is 69.9 Å². The molecule has 1 aromatic heterocycles. The second-order valence-corrected chi connectivity index (χ2v) is 10.1. The van der Waals surface area contributed by atoms with Gasteiger partial charge in [0.1, 0.15) is 12.2 Å². The van der Waals surface area contributed by atoms with Gasteiger partial charge in [0.2, 0.25) is 5.88 Å². The molecule has 0 radical (unpaired) electrons. The van der Waals surface area contributed by atoms with Crippen LogP contribution in [0.25, 0.3) is 0 Å². The molecule has 7 nitrogen and oxygen atoms in total. The van der Waals surface area contributed by atoms with E-state index >= 15 is 0 Å². The Morgan fingerprint density at radius 3 is 2.59 bits per heavy atom. The van der Waals surface area contributed by atoms with Crippen LogP contribution in [0.3, 0.4) is 0 Å². The summed E-state index contributed by atoms with van der Waals surface area (Å²) in [7, 11) is 0. The van der Waals surface area contributed by atoms with Crippen molar-refractivity contribution in [2.24, 2.45) is 5.92 Å². The first-order valence-corrected chi connectivity index (χ1v) is 12.0. The SMILES string of the molecule is CC(C)N(CC1CCCN(C(=O)c2ccnc(OCc3ccccc3)c2)C1)C(=O)OC(C)(C)C. The van der Waals surface area contributed by atoms with Crippen molar-refractivity contribution in [1.29, 1.82) is 0 Å². The van der Waals surface area contributed by atoms with Crippen LogP contribution in [0, 0.1) is 5.92 Å². The number of aromatic nitrogens is 1. The maximum Gasteiger partial charge on any atom is 0.410 e. The fourth-order valence-electron chi connectivity index (χ4n) is 4.03. The minimum Gasteiger partial charge on any atom is -0.473 e. The van der Waals surface area contributed by atoms with Crippen molar-refractivity contribution in [3.63, 3.8) is 0 Å². The first kappa shape index (κ1) is 25.5. The molecule has 1 saturated heterocycles. The van der Waals surface area contributed by atoms with E-state index in [1.54, 1.807) is 23.2 Å². The molecular formula is C27H37N3O4. The van der Waals surface area contributed by atoms with Gasteiger partial charge < -0.3 is 19.3 Å². The van der Waals surface area contributed by atoms with Gasteiger partial charge >= 0.3 is 6.09 Å². The number of likely N-dealkylation sites (tertiary alicyclic amines) is 1. The van der Waals surface area contributed by atoms with Crippen molar-refractivity contribution < 1.29 is 19.1 Å². The third-order valence-corrected chi connectivity index (χ3v) is 5.72. The lowest BCUT2D eigenvalue weighted by atomic mass is 9.96. The molecule has 1 fully saturated rings. The number of piperidine rings is 1. The number of benzene rings is 1. The van der Waals surface area contributed by atoms with Gasteiger partial charge in [-0.1, -0.05) is 30.3 Å². The molecule has 2 aromatic rings. The number of carbonyl (C=O) groups is 2. The smallest absolute Gasteiger partial charge is 0.410 e. The summed E-state index contributed by atoms with van der Waals surface area (Å²) in [4.78, 5) is 33.9. The predicted octanol–water partition coefficient (Wildman–Crippen LogP) is 5.16. The van der Waals surface area contributed by atoms with Crippen molar-refractivity contribution in [3.05, 3.63) is 59.8 Å². The summed E-state index contributed by atoms with van der Waals surface area (Å²) in [5.41, 5.74) is 1.06. The summed E-state index contributed by atoms with van der Waals surface area (Å²) in [5, 5.41) is 0. The van der Waals surface area contributed by atoms with E-state index in [4.69, 9.17) is 9.47 Å². The molecule has 1 aliphatic rings. The molecule has 0 aliphatic carbocycles. The molecule has 2 heterocycles. The topological polar surface area (TPSA) is 72.0 Å². The van der Waals surface area contributed by atoms with Crippen LogP contribution in [0.2, 0.25) is 0 Å². The molecule has 184 valence electrons. The third-order valence-electron chi connectivity index (χ3n) is 5.72. The van der Waals surface area contributed by atoms with Crippen LogP contribution in [-0.4, -0.2) is 58.1 Å². The van der Waals surface area contributed by atoms with E-state index in [1.165, 1.54) is 0 Å². The van der Waals surface area contributed by atoms with Gasteiger partial charge in [-0.25, -0.2) is 9.78 Å². The molecule has 1 unspecified atom stereocenters. The van der Waals surface area contributed by atoms with Crippen molar-refractivity contribution in [2.75, 3.05) is 19.6 Å². The molecule has 2 amide bonds. The van der Waals surface area contributed by atoms with Gasteiger partial charge in [-0.2, -0.15) is 0 Å². The molecule has 0 N–H and O–H groups in total. The lowest BCUT2D eigenvalue weighted by Crippen LogP contribution is -2.48. The van der Waals surface area contributed by atoms with Gasteiger partial charge in [-0.05, 0) is 65.0 Å². The van der Waals surface area contributed by atoms with Gasteiger partial charge in [0.15, 0.2) is 0 Å². The summed E-state index contributed by atoms with van der Waals surface area (Å²) in [6.07, 6.45) is 3.18. The fraction of sp³-hybridized carbons (Fsp3) is 0.519. The lowest BCUT2D eigenvalue weighted by molar-refractivity contribution is 0.0124. The maximum atomic E-state index is 13.3. The highest BCUT2D eigenvalue weighted by molar-refractivity contribution is 5.94. The van der Waals surface area contributed by atoms with E-state index < -0.39 is 5.60 Å². The zero-order valence-electron chi connectivity index (χ0n) is 21.0. The zero-order chi connectivity index (χ0) is 24.7. The highest BCUT2D eigenvalue weighted by Gasteiger charge is 2.30. The highest BCUT2D eigenvalue weighted by atomic mass is 16.6. The summed E-state index contributed by atoms with van der Waals surface area (Å²) < 4.78 is 11.4. The molecule has 1 aliphatic heterocycles. The number of hydrogen-bond donors (Lipinski definition) is 0. The van der Waals surface area contributed by atoms with E-state index in [0.29, 0.717) is 37.7 Å². The largest absolute Gasteiger partial charge is 0.473 e. The van der Waals surface area contributed by atoms with Crippen molar-refractivity contribution in [1.82, 2.24) is 14.8 Å². The quantitative estimate of drug-likeness (QED) is 0.563. The maximum absolute atomic E-state index is 13.3. The van der Waals surface area contributed by atoms with E-state index in [0.717, 1.165) is 18.4 Å². The van der Waals surface area contributed by atoms with Crippen LogP contribution in [0.15, 0.2) is 48.7 Å². The second kappa shape index (κ2) is 11.4. The van der Waals surface area contributed by atoms with Crippen LogP contribution in [0.5, 0.6) is 5.88 Å². The van der Waals surface area contributed by atoms with Crippen LogP contribution in [0.1, 0.15) is 63.4 Å². The summed E-state index contributed by atoms with van der Waals surface area (Å²) in [6, 6.07) is 13.3. The average Bonchev–Trinajstić information content (AvgIpc) is 2.80. The Bertz CT molecular complexity index is 956. The first-order valence-electron chi connectivity index (χ1n) is 12.0. The zero-order valence-corrected chi connectivity index (χ0v) is 21.0. The van der Waals surface area contributed by atoms with Crippen molar-refractivity contribution >= 4 is 12.0 Å². The number of amides is 2. The number of ether oxygens (including phenoxy) is 2. The molecule has 34 heavy (non-hydrogen) atoms. The van der Waals surface area contributed by atoms with Crippen LogP contribution >= 0.6 is 0 Å². The third kappa shape index (κ3) is 7.47. The van der Waals surface area contributed by atoms with Crippen LogP contribution < -0.4 is 4.74 Å². The van der Waals surface area contributed by atoms with Crippen LogP contribution in [0.4, 0.5) is 4.79 Å². The Kier molecular flexibility index (Phi) is 8.53. The number of rotatable bonds is 7. The fourth-order valence-corrected chi connectivity index (χ4v) is 4.03. The molecule has 1 atom stereocenters. The normalized spacial score (nSPS) is 16.3.